The van der Waals surface area contributed by atoms with Gasteiger partial charge in [-0.05, 0) is 49.8 Å². The van der Waals surface area contributed by atoms with Gasteiger partial charge in [0, 0.05) is 12.6 Å². The molecule has 0 fully saturated rings. The fraction of sp³-hybridized carbons (Fsp3) is 0.667. The van der Waals surface area contributed by atoms with Gasteiger partial charge in [-0.25, -0.2) is 0 Å². The van der Waals surface area contributed by atoms with Crippen LogP contribution in [0.1, 0.15) is 52.5 Å². The Kier molecular flexibility index (Phi) is 8.36. The number of rotatable bonds is 10. The van der Waals surface area contributed by atoms with Gasteiger partial charge >= 0.3 is 0 Å². The predicted octanol–water partition coefficient (Wildman–Crippen LogP) is 4.43. The van der Waals surface area contributed by atoms with Crippen molar-refractivity contribution in [2.24, 2.45) is 5.92 Å². The second-order valence-electron chi connectivity index (χ2n) is 6.07. The van der Waals surface area contributed by atoms with Crippen LogP contribution in [0.25, 0.3) is 0 Å². The minimum absolute atomic E-state index is 0.577. The lowest BCUT2D eigenvalue weighted by molar-refractivity contribution is 0.303. The summed E-state index contributed by atoms with van der Waals surface area (Å²) in [5, 5.41) is 3.51. The Bertz CT molecular complexity index is 345. The van der Waals surface area contributed by atoms with E-state index in [1.807, 2.05) is 0 Å². The molecule has 0 saturated carbocycles. The highest BCUT2D eigenvalue weighted by molar-refractivity contribution is 5.27. The van der Waals surface area contributed by atoms with E-state index in [9.17, 15) is 0 Å². The van der Waals surface area contributed by atoms with E-state index in [0.29, 0.717) is 6.04 Å². The molecule has 0 aliphatic carbocycles. The van der Waals surface area contributed by atoms with Crippen LogP contribution in [0, 0.1) is 5.92 Å². The molecule has 0 radical (unpaired) electrons. The lowest BCUT2D eigenvalue weighted by Gasteiger charge is -2.15. The second kappa shape index (κ2) is 9.82. The Balaban J connectivity index is 2.14. The molecule has 0 amide bonds. The Morgan fingerprint density at radius 1 is 1.05 bits per heavy atom. The third kappa shape index (κ3) is 7.54. The van der Waals surface area contributed by atoms with Crippen LogP contribution in [0.4, 0.5) is 0 Å². The summed E-state index contributed by atoms with van der Waals surface area (Å²) in [5.74, 6) is 1.76. The standard InChI is InChI=1S/C18H31NO/c1-5-6-17-9-11-18(12-10-17)20-14-13-19-16(4)8-7-15(2)3/h9-12,15-16,19H,5-8,13-14H2,1-4H3. The van der Waals surface area contributed by atoms with Gasteiger partial charge in [0.15, 0.2) is 0 Å². The zero-order valence-electron chi connectivity index (χ0n) is 13.6. The monoisotopic (exact) mass is 277 g/mol. The number of nitrogens with one attached hydrogen (secondary N) is 1. The molecular weight excluding hydrogens is 246 g/mol. The van der Waals surface area contributed by atoms with Crippen LogP contribution < -0.4 is 10.1 Å². The number of benzene rings is 1. The van der Waals surface area contributed by atoms with Gasteiger partial charge < -0.3 is 10.1 Å². The van der Waals surface area contributed by atoms with Crippen molar-refractivity contribution in [3.63, 3.8) is 0 Å². The molecule has 0 aliphatic rings. The van der Waals surface area contributed by atoms with Gasteiger partial charge in [0.05, 0.1) is 0 Å². The van der Waals surface area contributed by atoms with E-state index in [1.165, 1.54) is 24.8 Å². The van der Waals surface area contributed by atoms with Gasteiger partial charge in [-0.2, -0.15) is 0 Å². The summed E-state index contributed by atoms with van der Waals surface area (Å²) in [6.45, 7) is 10.7. The highest BCUT2D eigenvalue weighted by Gasteiger charge is 2.02. The predicted molar refractivity (Wildman–Crippen MR) is 87.5 cm³/mol. The normalized spacial score (nSPS) is 12.7. The summed E-state index contributed by atoms with van der Waals surface area (Å²) in [6, 6.07) is 9.06. The first-order valence-electron chi connectivity index (χ1n) is 8.07. The van der Waals surface area contributed by atoms with Crippen molar-refractivity contribution < 1.29 is 4.74 Å². The van der Waals surface area contributed by atoms with Gasteiger partial charge in [0.25, 0.3) is 0 Å². The minimum Gasteiger partial charge on any atom is -0.492 e. The minimum atomic E-state index is 0.577. The molecule has 1 unspecified atom stereocenters. The third-order valence-electron chi connectivity index (χ3n) is 3.50. The van der Waals surface area contributed by atoms with Crippen LogP contribution in [0.15, 0.2) is 24.3 Å². The van der Waals surface area contributed by atoms with E-state index in [0.717, 1.165) is 31.2 Å². The maximum atomic E-state index is 5.75. The molecule has 0 aliphatic heterocycles. The van der Waals surface area contributed by atoms with Crippen molar-refractivity contribution in [3.05, 3.63) is 29.8 Å². The average molecular weight is 277 g/mol. The van der Waals surface area contributed by atoms with E-state index < -0.39 is 0 Å². The summed E-state index contributed by atoms with van der Waals surface area (Å²) in [4.78, 5) is 0. The molecule has 1 rings (SSSR count). The number of hydrogen-bond acceptors (Lipinski definition) is 2. The van der Waals surface area contributed by atoms with Crippen LogP contribution in [0.2, 0.25) is 0 Å². The highest BCUT2D eigenvalue weighted by atomic mass is 16.5. The first-order valence-corrected chi connectivity index (χ1v) is 8.07. The molecule has 0 aromatic heterocycles. The second-order valence-corrected chi connectivity index (χ2v) is 6.07. The van der Waals surface area contributed by atoms with Crippen molar-refractivity contribution >= 4 is 0 Å². The molecule has 114 valence electrons. The number of aryl methyl sites for hydroxylation is 1. The summed E-state index contributed by atoms with van der Waals surface area (Å²) >= 11 is 0. The quantitative estimate of drug-likeness (QED) is 0.639. The number of ether oxygens (including phenoxy) is 1. The molecule has 2 nitrogen and oxygen atoms in total. The van der Waals surface area contributed by atoms with Crippen molar-refractivity contribution in [1.82, 2.24) is 5.32 Å². The maximum Gasteiger partial charge on any atom is 0.119 e. The van der Waals surface area contributed by atoms with Crippen LogP contribution >= 0.6 is 0 Å². The first kappa shape index (κ1) is 17.0. The smallest absolute Gasteiger partial charge is 0.119 e. The summed E-state index contributed by atoms with van der Waals surface area (Å²) in [6.07, 6.45) is 4.87. The van der Waals surface area contributed by atoms with Gasteiger partial charge in [0.2, 0.25) is 0 Å². The van der Waals surface area contributed by atoms with Gasteiger partial charge in [-0.3, -0.25) is 0 Å². The molecule has 0 bridgehead atoms. The zero-order chi connectivity index (χ0) is 14.8. The average Bonchev–Trinajstić information content (AvgIpc) is 2.43. The zero-order valence-corrected chi connectivity index (χ0v) is 13.6. The molecule has 2 heteroatoms. The summed E-state index contributed by atoms with van der Waals surface area (Å²) in [5.41, 5.74) is 1.39. The van der Waals surface area contributed by atoms with Crippen molar-refractivity contribution in [2.45, 2.75) is 59.4 Å². The van der Waals surface area contributed by atoms with E-state index in [-0.39, 0.29) is 0 Å². The Morgan fingerprint density at radius 2 is 1.75 bits per heavy atom. The molecule has 1 aromatic rings. The molecule has 0 heterocycles. The Hall–Kier alpha value is -1.02. The third-order valence-corrected chi connectivity index (χ3v) is 3.50. The van der Waals surface area contributed by atoms with E-state index >= 15 is 0 Å². The van der Waals surface area contributed by atoms with Gasteiger partial charge in [-0.15, -0.1) is 0 Å². The molecule has 0 saturated heterocycles. The molecule has 1 aromatic carbocycles. The van der Waals surface area contributed by atoms with Crippen LogP contribution in [0.5, 0.6) is 5.75 Å². The van der Waals surface area contributed by atoms with Crippen molar-refractivity contribution in [3.8, 4) is 5.75 Å². The molecular formula is C18H31NO. The largest absolute Gasteiger partial charge is 0.492 e. The highest BCUT2D eigenvalue weighted by Crippen LogP contribution is 2.13. The topological polar surface area (TPSA) is 21.3 Å². The number of hydrogen-bond donors (Lipinski definition) is 1. The molecule has 1 atom stereocenters. The summed E-state index contributed by atoms with van der Waals surface area (Å²) < 4.78 is 5.75. The van der Waals surface area contributed by atoms with Crippen molar-refractivity contribution in [2.75, 3.05) is 13.2 Å². The fourth-order valence-corrected chi connectivity index (χ4v) is 2.20. The SMILES string of the molecule is CCCc1ccc(OCCNC(C)CCC(C)C)cc1. The van der Waals surface area contributed by atoms with Crippen LogP contribution in [0.3, 0.4) is 0 Å². The molecule has 20 heavy (non-hydrogen) atoms. The van der Waals surface area contributed by atoms with Gasteiger partial charge in [-0.1, -0.05) is 39.3 Å². The summed E-state index contributed by atoms with van der Waals surface area (Å²) in [7, 11) is 0. The maximum absolute atomic E-state index is 5.75. The Labute approximate surface area is 124 Å². The lowest BCUT2D eigenvalue weighted by Crippen LogP contribution is -2.30. The lowest BCUT2D eigenvalue weighted by atomic mass is 10.0. The Morgan fingerprint density at radius 3 is 2.35 bits per heavy atom. The van der Waals surface area contributed by atoms with E-state index in [2.05, 4.69) is 57.3 Å². The van der Waals surface area contributed by atoms with E-state index in [4.69, 9.17) is 4.74 Å². The molecule has 1 N–H and O–H groups in total. The van der Waals surface area contributed by atoms with Crippen LogP contribution in [-0.2, 0) is 6.42 Å². The first-order chi connectivity index (χ1) is 9.61. The van der Waals surface area contributed by atoms with E-state index in [1.54, 1.807) is 0 Å². The van der Waals surface area contributed by atoms with Gasteiger partial charge in [0.1, 0.15) is 12.4 Å². The van der Waals surface area contributed by atoms with Crippen LogP contribution in [-0.4, -0.2) is 19.2 Å². The fourth-order valence-electron chi connectivity index (χ4n) is 2.20. The van der Waals surface area contributed by atoms with Crippen molar-refractivity contribution in [1.29, 1.82) is 0 Å². The molecule has 0 spiro atoms.